The monoisotopic (exact) mass is 209 g/mol. The van der Waals surface area contributed by atoms with E-state index in [4.69, 9.17) is 0 Å². The topological polar surface area (TPSA) is 29.9 Å². The Balaban J connectivity index is 2.39. The summed E-state index contributed by atoms with van der Waals surface area (Å²) in [6.07, 6.45) is 4.00. The van der Waals surface area contributed by atoms with E-state index >= 15 is 0 Å². The highest BCUT2D eigenvalue weighted by Crippen LogP contribution is 2.13. The van der Waals surface area contributed by atoms with E-state index in [2.05, 4.69) is 44.3 Å². The zero-order valence-electron chi connectivity index (χ0n) is 10.5. The zero-order valence-corrected chi connectivity index (χ0v) is 10.5. The van der Waals surface area contributed by atoms with Crippen LogP contribution in [0.2, 0.25) is 0 Å². The fourth-order valence-corrected chi connectivity index (χ4v) is 1.38. The third-order valence-corrected chi connectivity index (χ3v) is 3.11. The smallest absolute Gasteiger partial charge is 0.0537 e. The van der Waals surface area contributed by atoms with E-state index in [1.807, 2.05) is 17.9 Å². The second-order valence-electron chi connectivity index (χ2n) is 4.80. The molecule has 0 bridgehead atoms. The van der Waals surface area contributed by atoms with Crippen molar-refractivity contribution < 1.29 is 0 Å². The van der Waals surface area contributed by atoms with Crippen LogP contribution in [0, 0.1) is 11.8 Å². The molecule has 3 heteroatoms. The highest BCUT2D eigenvalue weighted by molar-refractivity contribution is 5.08. The number of hydrogen-bond donors (Lipinski definition) is 1. The first-order valence-electron chi connectivity index (χ1n) is 5.72. The predicted molar refractivity (Wildman–Crippen MR) is 63.6 cm³/mol. The van der Waals surface area contributed by atoms with E-state index in [1.165, 1.54) is 5.56 Å². The number of hydrogen-bond acceptors (Lipinski definition) is 2. The average Bonchev–Trinajstić information content (AvgIpc) is 2.60. The van der Waals surface area contributed by atoms with Crippen LogP contribution < -0.4 is 5.32 Å². The Bertz CT molecular complexity index is 291. The van der Waals surface area contributed by atoms with Crippen LogP contribution in [0.4, 0.5) is 0 Å². The maximum Gasteiger partial charge on any atom is 0.0537 e. The van der Waals surface area contributed by atoms with Crippen molar-refractivity contribution in [3.05, 3.63) is 18.0 Å². The van der Waals surface area contributed by atoms with Gasteiger partial charge in [-0.3, -0.25) is 4.68 Å². The van der Waals surface area contributed by atoms with Crippen LogP contribution in [0.5, 0.6) is 0 Å². The largest absolute Gasteiger partial charge is 0.310 e. The van der Waals surface area contributed by atoms with Crippen LogP contribution >= 0.6 is 0 Å². The summed E-state index contributed by atoms with van der Waals surface area (Å²) < 4.78 is 1.85. The van der Waals surface area contributed by atoms with Gasteiger partial charge in [-0.05, 0) is 25.3 Å². The van der Waals surface area contributed by atoms with Gasteiger partial charge < -0.3 is 5.32 Å². The van der Waals surface area contributed by atoms with Gasteiger partial charge in [-0.2, -0.15) is 5.10 Å². The first kappa shape index (κ1) is 12.2. The summed E-state index contributed by atoms with van der Waals surface area (Å²) in [7, 11) is 1.95. The maximum atomic E-state index is 4.18. The predicted octanol–water partition coefficient (Wildman–Crippen LogP) is 2.36. The SMILES string of the molecule is CC(NCC(C)C(C)C)c1cnn(C)c1. The Morgan fingerprint density at radius 1 is 1.33 bits per heavy atom. The fraction of sp³-hybridized carbons (Fsp3) is 0.750. The van der Waals surface area contributed by atoms with E-state index in [0.717, 1.165) is 12.5 Å². The normalized spacial score (nSPS) is 15.6. The van der Waals surface area contributed by atoms with Gasteiger partial charge in [0.25, 0.3) is 0 Å². The minimum Gasteiger partial charge on any atom is -0.310 e. The fourth-order valence-electron chi connectivity index (χ4n) is 1.38. The van der Waals surface area contributed by atoms with E-state index in [-0.39, 0.29) is 0 Å². The second-order valence-corrected chi connectivity index (χ2v) is 4.80. The van der Waals surface area contributed by atoms with Gasteiger partial charge in [0.2, 0.25) is 0 Å². The Morgan fingerprint density at radius 2 is 2.00 bits per heavy atom. The van der Waals surface area contributed by atoms with Crippen LogP contribution in [0.3, 0.4) is 0 Å². The van der Waals surface area contributed by atoms with Crippen molar-refractivity contribution in [1.29, 1.82) is 0 Å². The van der Waals surface area contributed by atoms with Crippen molar-refractivity contribution in [2.24, 2.45) is 18.9 Å². The molecular weight excluding hydrogens is 186 g/mol. The van der Waals surface area contributed by atoms with E-state index in [0.29, 0.717) is 12.0 Å². The third kappa shape index (κ3) is 3.67. The molecule has 0 aliphatic carbocycles. The van der Waals surface area contributed by atoms with Gasteiger partial charge in [0.05, 0.1) is 6.20 Å². The summed E-state index contributed by atoms with van der Waals surface area (Å²) in [4.78, 5) is 0. The molecule has 1 aromatic heterocycles. The lowest BCUT2D eigenvalue weighted by atomic mass is 9.98. The molecule has 0 aliphatic heterocycles. The molecule has 0 aromatic carbocycles. The van der Waals surface area contributed by atoms with Gasteiger partial charge in [-0.1, -0.05) is 20.8 Å². The minimum atomic E-state index is 0.389. The number of aromatic nitrogens is 2. The van der Waals surface area contributed by atoms with Crippen LogP contribution in [0.25, 0.3) is 0 Å². The summed E-state index contributed by atoms with van der Waals surface area (Å²) >= 11 is 0. The van der Waals surface area contributed by atoms with Gasteiger partial charge in [-0.25, -0.2) is 0 Å². The molecule has 86 valence electrons. The van der Waals surface area contributed by atoms with Crippen LogP contribution in [0.1, 0.15) is 39.3 Å². The van der Waals surface area contributed by atoms with Gasteiger partial charge in [0, 0.05) is 24.8 Å². The average molecular weight is 209 g/mol. The third-order valence-electron chi connectivity index (χ3n) is 3.11. The van der Waals surface area contributed by atoms with Crippen LogP contribution in [-0.4, -0.2) is 16.3 Å². The molecule has 0 aliphatic rings. The molecule has 0 fully saturated rings. The van der Waals surface area contributed by atoms with Gasteiger partial charge in [0.15, 0.2) is 0 Å². The molecule has 1 N–H and O–H groups in total. The summed E-state index contributed by atoms with van der Waals surface area (Å²) in [5, 5.41) is 7.72. The molecule has 3 nitrogen and oxygen atoms in total. The Morgan fingerprint density at radius 3 is 2.47 bits per heavy atom. The number of aryl methyl sites for hydroxylation is 1. The summed E-state index contributed by atoms with van der Waals surface area (Å²) in [5.41, 5.74) is 1.26. The van der Waals surface area contributed by atoms with Crippen LogP contribution in [-0.2, 0) is 7.05 Å². The molecule has 2 unspecified atom stereocenters. The number of rotatable bonds is 5. The van der Waals surface area contributed by atoms with Gasteiger partial charge in [-0.15, -0.1) is 0 Å². The molecule has 0 saturated heterocycles. The molecule has 2 atom stereocenters. The molecule has 1 aromatic rings. The molecule has 1 rings (SSSR count). The molecule has 0 saturated carbocycles. The lowest BCUT2D eigenvalue weighted by molar-refractivity contribution is 0.375. The summed E-state index contributed by atoms with van der Waals surface area (Å²) in [6.45, 7) is 10.1. The molecule has 0 radical (unpaired) electrons. The van der Waals surface area contributed by atoms with Crippen molar-refractivity contribution in [2.75, 3.05) is 6.54 Å². The lowest BCUT2D eigenvalue weighted by Crippen LogP contribution is -2.26. The van der Waals surface area contributed by atoms with Crippen molar-refractivity contribution in [3.63, 3.8) is 0 Å². The Kier molecular flexibility index (Phi) is 4.33. The highest BCUT2D eigenvalue weighted by Gasteiger charge is 2.10. The van der Waals surface area contributed by atoms with Gasteiger partial charge in [0.1, 0.15) is 0 Å². The van der Waals surface area contributed by atoms with E-state index < -0.39 is 0 Å². The molecule has 15 heavy (non-hydrogen) atoms. The maximum absolute atomic E-state index is 4.18. The zero-order chi connectivity index (χ0) is 11.4. The van der Waals surface area contributed by atoms with Gasteiger partial charge >= 0.3 is 0 Å². The number of nitrogens with zero attached hydrogens (tertiary/aromatic N) is 2. The molecular formula is C12H23N3. The molecule has 0 spiro atoms. The standard InChI is InChI=1S/C12H23N3/c1-9(2)10(3)6-13-11(4)12-7-14-15(5)8-12/h7-11,13H,6H2,1-5H3. The highest BCUT2D eigenvalue weighted by atomic mass is 15.2. The first-order valence-corrected chi connectivity index (χ1v) is 5.72. The first-order chi connectivity index (χ1) is 7.00. The van der Waals surface area contributed by atoms with Crippen molar-refractivity contribution in [2.45, 2.75) is 33.7 Å². The molecule has 1 heterocycles. The Hall–Kier alpha value is -0.830. The quantitative estimate of drug-likeness (QED) is 0.807. The van der Waals surface area contributed by atoms with Crippen molar-refractivity contribution in [1.82, 2.24) is 15.1 Å². The van der Waals surface area contributed by atoms with Crippen molar-refractivity contribution in [3.8, 4) is 0 Å². The van der Waals surface area contributed by atoms with E-state index in [9.17, 15) is 0 Å². The Labute approximate surface area is 92.9 Å². The number of nitrogens with one attached hydrogen (secondary N) is 1. The minimum absolute atomic E-state index is 0.389. The lowest BCUT2D eigenvalue weighted by Gasteiger charge is -2.19. The second kappa shape index (κ2) is 5.31. The van der Waals surface area contributed by atoms with Crippen molar-refractivity contribution >= 4 is 0 Å². The van der Waals surface area contributed by atoms with E-state index in [1.54, 1.807) is 0 Å². The summed E-state index contributed by atoms with van der Waals surface area (Å²) in [6, 6.07) is 0.389. The summed E-state index contributed by atoms with van der Waals surface area (Å²) in [5.74, 6) is 1.45. The molecule has 0 amide bonds. The van der Waals surface area contributed by atoms with Crippen LogP contribution in [0.15, 0.2) is 12.4 Å².